The Kier molecular flexibility index (Phi) is 5.90. The van der Waals surface area contributed by atoms with E-state index in [1.807, 2.05) is 31.4 Å². The second kappa shape index (κ2) is 9.08. The molecule has 1 amide bonds. The zero-order chi connectivity index (χ0) is 27.5. The molecule has 0 spiro atoms. The monoisotopic (exact) mass is 559 g/mol. The van der Waals surface area contributed by atoms with Crippen molar-refractivity contribution in [1.29, 1.82) is 0 Å². The third-order valence-corrected chi connectivity index (χ3v) is 9.60. The molecule has 3 aromatic heterocycles. The summed E-state index contributed by atoms with van der Waals surface area (Å²) in [5.74, 6) is -0.320. The van der Waals surface area contributed by atoms with Gasteiger partial charge in [0.2, 0.25) is 0 Å². The fourth-order valence-electron chi connectivity index (χ4n) is 4.91. The van der Waals surface area contributed by atoms with Crippen LogP contribution in [0.4, 0.5) is 0 Å². The lowest BCUT2D eigenvalue weighted by molar-refractivity contribution is -0.143. The van der Waals surface area contributed by atoms with Crippen molar-refractivity contribution in [2.24, 2.45) is 0 Å². The Morgan fingerprint density at radius 1 is 1.03 bits per heavy atom. The second-order valence-corrected chi connectivity index (χ2v) is 12.5. The van der Waals surface area contributed by atoms with Gasteiger partial charge in [-0.15, -0.1) is 11.3 Å². The van der Waals surface area contributed by atoms with Crippen molar-refractivity contribution in [3.05, 3.63) is 83.1 Å². The predicted molar refractivity (Wildman–Crippen MR) is 149 cm³/mol. The topological polar surface area (TPSA) is 118 Å². The van der Waals surface area contributed by atoms with Crippen LogP contribution in [0.1, 0.15) is 23.1 Å². The van der Waals surface area contributed by atoms with Crippen molar-refractivity contribution >= 4 is 38.4 Å². The number of fused-ring (bicyclic) bond motifs is 1. The normalized spacial score (nSPS) is 17.8. The Balaban J connectivity index is 1.43. The number of aromatic nitrogens is 4. The van der Waals surface area contributed by atoms with Gasteiger partial charge in [0.1, 0.15) is 10.5 Å². The minimum atomic E-state index is -3.92. The standard InChI is InChI=1S/C28H25N5O4S2/c1-17-4-6-21(7-5-17)39(36,37)33-15-22(24-25(33)30-10-9-29-24)26-31-23(16-38-26)19-12-18(2)13-20(14-19)28(35)8-11-32(3)27(28)34/h4-7,9-10,12-16,35H,8,11H2,1-3H3/t28-/m1/s1. The number of carbonyl (C=O) groups is 1. The Labute approximate surface area is 229 Å². The van der Waals surface area contributed by atoms with Gasteiger partial charge >= 0.3 is 0 Å². The summed E-state index contributed by atoms with van der Waals surface area (Å²) in [4.78, 5) is 28.0. The molecule has 11 heteroatoms. The first-order valence-electron chi connectivity index (χ1n) is 12.3. The Bertz CT molecular complexity index is 1860. The number of likely N-dealkylation sites (tertiary alicyclic amines) is 1. The summed E-state index contributed by atoms with van der Waals surface area (Å²) in [7, 11) is -2.24. The first-order chi connectivity index (χ1) is 18.6. The van der Waals surface area contributed by atoms with Gasteiger partial charge in [0.05, 0.1) is 16.2 Å². The number of amides is 1. The molecular formula is C28H25N5O4S2. The van der Waals surface area contributed by atoms with Gasteiger partial charge in [-0.05, 0) is 43.7 Å². The largest absolute Gasteiger partial charge is 0.375 e. The van der Waals surface area contributed by atoms with E-state index >= 15 is 0 Å². The molecule has 1 atom stereocenters. The smallest absolute Gasteiger partial charge is 0.269 e. The minimum Gasteiger partial charge on any atom is -0.375 e. The van der Waals surface area contributed by atoms with Crippen LogP contribution < -0.4 is 0 Å². The highest BCUT2D eigenvalue weighted by molar-refractivity contribution is 7.90. The molecule has 198 valence electrons. The van der Waals surface area contributed by atoms with E-state index in [1.54, 1.807) is 37.4 Å². The van der Waals surface area contributed by atoms with Gasteiger partial charge in [-0.1, -0.05) is 29.3 Å². The maximum Gasteiger partial charge on any atom is 0.269 e. The molecule has 0 saturated carbocycles. The molecule has 6 rings (SSSR count). The lowest BCUT2D eigenvalue weighted by atomic mass is 9.89. The van der Waals surface area contributed by atoms with Gasteiger partial charge in [0.25, 0.3) is 15.9 Å². The number of rotatable bonds is 5. The van der Waals surface area contributed by atoms with E-state index in [9.17, 15) is 18.3 Å². The van der Waals surface area contributed by atoms with E-state index in [2.05, 4.69) is 9.97 Å². The van der Waals surface area contributed by atoms with Crippen molar-refractivity contribution in [2.45, 2.75) is 30.8 Å². The van der Waals surface area contributed by atoms with Crippen molar-refractivity contribution in [3.63, 3.8) is 0 Å². The molecule has 39 heavy (non-hydrogen) atoms. The van der Waals surface area contributed by atoms with Gasteiger partial charge in [-0.3, -0.25) is 9.78 Å². The third-order valence-electron chi connectivity index (χ3n) is 7.06. The zero-order valence-electron chi connectivity index (χ0n) is 21.5. The Hall–Kier alpha value is -3.93. The van der Waals surface area contributed by atoms with Gasteiger partial charge in [-0.25, -0.2) is 22.4 Å². The molecule has 5 aromatic rings. The van der Waals surface area contributed by atoms with Crippen LogP contribution in [0.5, 0.6) is 0 Å². The number of nitrogens with zero attached hydrogens (tertiary/aromatic N) is 5. The first-order valence-corrected chi connectivity index (χ1v) is 14.6. The molecule has 0 bridgehead atoms. The van der Waals surface area contributed by atoms with Crippen molar-refractivity contribution in [2.75, 3.05) is 13.6 Å². The Morgan fingerprint density at radius 2 is 1.77 bits per heavy atom. The summed E-state index contributed by atoms with van der Waals surface area (Å²) < 4.78 is 28.2. The average Bonchev–Trinajstić information content (AvgIpc) is 3.62. The molecule has 4 heterocycles. The summed E-state index contributed by atoms with van der Waals surface area (Å²) in [5, 5.41) is 13.6. The summed E-state index contributed by atoms with van der Waals surface area (Å²) >= 11 is 1.35. The van der Waals surface area contributed by atoms with E-state index in [1.165, 1.54) is 34.8 Å². The van der Waals surface area contributed by atoms with E-state index in [0.717, 1.165) is 20.7 Å². The number of aryl methyl sites for hydroxylation is 2. The SMILES string of the molecule is Cc1ccc(S(=O)(=O)n2cc(-c3nc(-c4cc(C)cc([C@]5(O)CCN(C)C5=O)c4)cs3)c3nccnc32)cc1. The van der Waals surface area contributed by atoms with Crippen molar-refractivity contribution < 1.29 is 18.3 Å². The van der Waals surface area contributed by atoms with E-state index < -0.39 is 15.6 Å². The molecule has 0 aliphatic carbocycles. The maximum absolute atomic E-state index is 13.5. The zero-order valence-corrected chi connectivity index (χ0v) is 23.1. The van der Waals surface area contributed by atoms with Crippen LogP contribution in [0.25, 0.3) is 33.0 Å². The molecule has 0 unspecified atom stereocenters. The summed E-state index contributed by atoms with van der Waals surface area (Å²) in [6.45, 7) is 4.29. The number of benzene rings is 2. The number of hydrogen-bond donors (Lipinski definition) is 1. The molecular weight excluding hydrogens is 534 g/mol. The highest BCUT2D eigenvalue weighted by Gasteiger charge is 2.45. The lowest BCUT2D eigenvalue weighted by Gasteiger charge is -2.22. The molecule has 9 nitrogen and oxygen atoms in total. The molecule has 1 fully saturated rings. The maximum atomic E-state index is 13.5. The molecule has 1 N–H and O–H groups in total. The fraction of sp³-hybridized carbons (Fsp3) is 0.214. The van der Waals surface area contributed by atoms with Crippen LogP contribution in [0, 0.1) is 13.8 Å². The highest BCUT2D eigenvalue weighted by Crippen LogP contribution is 2.38. The van der Waals surface area contributed by atoms with Crippen LogP contribution in [0.15, 0.2) is 71.3 Å². The number of hydrogen-bond acceptors (Lipinski definition) is 8. The number of likely N-dealkylation sites (N-methyl/N-ethyl adjacent to an activating group) is 1. The molecule has 0 radical (unpaired) electrons. The lowest BCUT2D eigenvalue weighted by Crippen LogP contribution is -2.36. The van der Waals surface area contributed by atoms with Crippen LogP contribution in [0.3, 0.4) is 0 Å². The third kappa shape index (κ3) is 4.13. The highest BCUT2D eigenvalue weighted by atomic mass is 32.2. The van der Waals surface area contributed by atoms with E-state index in [0.29, 0.717) is 40.3 Å². The Morgan fingerprint density at radius 3 is 2.49 bits per heavy atom. The van der Waals surface area contributed by atoms with E-state index in [-0.39, 0.29) is 16.4 Å². The van der Waals surface area contributed by atoms with Crippen LogP contribution in [-0.4, -0.2) is 56.8 Å². The number of aliphatic hydroxyl groups is 1. The number of thiazole rings is 1. The van der Waals surface area contributed by atoms with Gasteiger partial charge in [-0.2, -0.15) is 0 Å². The van der Waals surface area contributed by atoms with Gasteiger partial charge in [0, 0.05) is 49.5 Å². The van der Waals surface area contributed by atoms with Crippen LogP contribution in [0.2, 0.25) is 0 Å². The summed E-state index contributed by atoms with van der Waals surface area (Å²) in [6.07, 6.45) is 4.81. The summed E-state index contributed by atoms with van der Waals surface area (Å²) in [6, 6.07) is 12.2. The minimum absolute atomic E-state index is 0.152. The second-order valence-electron chi connectivity index (χ2n) is 9.85. The average molecular weight is 560 g/mol. The molecule has 1 aliphatic heterocycles. The molecule has 2 aromatic carbocycles. The van der Waals surface area contributed by atoms with Crippen LogP contribution >= 0.6 is 11.3 Å². The first kappa shape index (κ1) is 25.4. The number of carbonyl (C=O) groups excluding carboxylic acids is 1. The molecule has 1 saturated heterocycles. The van der Waals surface area contributed by atoms with Gasteiger partial charge < -0.3 is 10.0 Å². The summed E-state index contributed by atoms with van der Waals surface area (Å²) in [5.41, 5.74) is 3.40. The quantitative estimate of drug-likeness (QED) is 0.344. The fourth-order valence-corrected chi connectivity index (χ4v) is 7.06. The van der Waals surface area contributed by atoms with Crippen LogP contribution in [-0.2, 0) is 20.4 Å². The molecule has 1 aliphatic rings. The van der Waals surface area contributed by atoms with Gasteiger partial charge in [0.15, 0.2) is 11.2 Å². The van der Waals surface area contributed by atoms with Crippen molar-refractivity contribution in [3.8, 4) is 21.8 Å². The predicted octanol–water partition coefficient (Wildman–Crippen LogP) is 4.13. The van der Waals surface area contributed by atoms with Crippen molar-refractivity contribution in [1.82, 2.24) is 23.8 Å². The van der Waals surface area contributed by atoms with E-state index in [4.69, 9.17) is 4.98 Å².